The van der Waals surface area contributed by atoms with Crippen LogP contribution in [0.1, 0.15) is 17.7 Å². The van der Waals surface area contributed by atoms with E-state index in [1.165, 1.54) is 6.07 Å². The number of nitrogen functional groups attached to an aromatic ring is 1. The van der Waals surface area contributed by atoms with Gasteiger partial charge in [-0.25, -0.2) is 13.8 Å². The minimum Gasteiger partial charge on any atom is -0.383 e. The van der Waals surface area contributed by atoms with Crippen molar-refractivity contribution in [3.05, 3.63) is 20.9 Å². The maximum atomic E-state index is 12.3. The van der Waals surface area contributed by atoms with Gasteiger partial charge in [-0.15, -0.1) is 0 Å². The zero-order valence-corrected chi connectivity index (χ0v) is 8.42. The number of pyridine rings is 1. The normalized spacial score (nSPS) is 10.1. The molecule has 0 radical (unpaired) electrons. The van der Waals surface area contributed by atoms with E-state index in [-0.39, 0.29) is 20.6 Å². The lowest BCUT2D eigenvalue weighted by atomic mass is 10.2. The SMILES string of the molecule is N#Cc1cc(I)c(C(F)F)c(N)n1. The van der Waals surface area contributed by atoms with Gasteiger partial charge in [-0.05, 0) is 28.7 Å². The topological polar surface area (TPSA) is 62.7 Å². The first-order chi connectivity index (χ1) is 6.06. The van der Waals surface area contributed by atoms with Crippen molar-refractivity contribution in [2.24, 2.45) is 0 Å². The Balaban J connectivity index is 3.33. The highest BCUT2D eigenvalue weighted by molar-refractivity contribution is 14.1. The molecule has 0 aliphatic heterocycles. The molecule has 0 saturated heterocycles. The van der Waals surface area contributed by atoms with Crippen molar-refractivity contribution in [1.82, 2.24) is 4.98 Å². The van der Waals surface area contributed by atoms with Crippen molar-refractivity contribution < 1.29 is 8.78 Å². The molecule has 0 amide bonds. The Kier molecular flexibility index (Phi) is 2.98. The lowest BCUT2D eigenvalue weighted by molar-refractivity contribution is 0.151. The number of halogens is 3. The Bertz CT molecular complexity index is 349. The lowest BCUT2D eigenvalue weighted by Gasteiger charge is -2.05. The molecule has 13 heavy (non-hydrogen) atoms. The Morgan fingerprint density at radius 1 is 1.62 bits per heavy atom. The Morgan fingerprint density at radius 2 is 2.23 bits per heavy atom. The van der Waals surface area contributed by atoms with Crippen molar-refractivity contribution >= 4 is 28.4 Å². The van der Waals surface area contributed by atoms with Crippen LogP contribution in [0.2, 0.25) is 0 Å². The minimum atomic E-state index is -2.66. The molecule has 0 saturated carbocycles. The number of rotatable bonds is 1. The third-order valence-corrected chi connectivity index (χ3v) is 2.26. The smallest absolute Gasteiger partial charge is 0.268 e. The summed E-state index contributed by atoms with van der Waals surface area (Å²) in [5.74, 6) is -0.279. The largest absolute Gasteiger partial charge is 0.383 e. The zero-order valence-electron chi connectivity index (χ0n) is 6.26. The van der Waals surface area contributed by atoms with Gasteiger partial charge in [-0.2, -0.15) is 5.26 Å². The molecule has 68 valence electrons. The molecule has 1 aromatic rings. The number of nitrogens with zero attached hydrogens (tertiary/aromatic N) is 2. The van der Waals surface area contributed by atoms with E-state index in [1.54, 1.807) is 28.7 Å². The van der Waals surface area contributed by atoms with Crippen LogP contribution in [-0.2, 0) is 0 Å². The molecular formula is C7H4F2IN3. The van der Waals surface area contributed by atoms with Gasteiger partial charge in [0.15, 0.2) is 0 Å². The van der Waals surface area contributed by atoms with Crippen LogP contribution in [0.3, 0.4) is 0 Å². The van der Waals surface area contributed by atoms with E-state index in [0.717, 1.165) is 0 Å². The highest BCUT2D eigenvalue weighted by Gasteiger charge is 2.17. The standard InChI is InChI=1S/C7H4F2IN3/c8-6(9)5-4(10)1-3(2-11)13-7(5)12/h1,6H,(H2,12,13). The molecule has 6 heteroatoms. The predicted molar refractivity (Wildman–Crippen MR) is 51.0 cm³/mol. The minimum absolute atomic E-state index is 0.0475. The van der Waals surface area contributed by atoms with Crippen LogP contribution in [0, 0.1) is 14.9 Å². The highest BCUT2D eigenvalue weighted by atomic mass is 127. The van der Waals surface area contributed by atoms with Gasteiger partial charge in [-0.1, -0.05) is 0 Å². The molecule has 1 heterocycles. The van der Waals surface area contributed by atoms with Gasteiger partial charge in [0.2, 0.25) is 0 Å². The van der Waals surface area contributed by atoms with Crippen molar-refractivity contribution in [1.29, 1.82) is 5.26 Å². The van der Waals surface area contributed by atoms with Crippen LogP contribution in [-0.4, -0.2) is 4.98 Å². The monoisotopic (exact) mass is 295 g/mol. The average Bonchev–Trinajstić information content (AvgIpc) is 2.02. The lowest BCUT2D eigenvalue weighted by Crippen LogP contribution is -2.02. The summed E-state index contributed by atoms with van der Waals surface area (Å²) in [6.07, 6.45) is -2.66. The van der Waals surface area contributed by atoms with Crippen LogP contribution < -0.4 is 5.73 Å². The summed E-state index contributed by atoms with van der Waals surface area (Å²) in [5.41, 5.74) is 4.99. The Labute approximate surface area is 86.7 Å². The fraction of sp³-hybridized carbons (Fsp3) is 0.143. The first-order valence-electron chi connectivity index (χ1n) is 3.20. The van der Waals surface area contributed by atoms with E-state index in [2.05, 4.69) is 4.98 Å². The summed E-state index contributed by atoms with van der Waals surface area (Å²) >= 11 is 1.70. The van der Waals surface area contributed by atoms with Crippen LogP contribution in [0.5, 0.6) is 0 Å². The van der Waals surface area contributed by atoms with Gasteiger partial charge in [0, 0.05) is 3.57 Å². The second kappa shape index (κ2) is 3.83. The number of aromatic nitrogens is 1. The van der Waals surface area contributed by atoms with E-state index in [9.17, 15) is 8.78 Å². The second-order valence-electron chi connectivity index (χ2n) is 2.20. The third kappa shape index (κ3) is 2.03. The molecule has 0 aromatic carbocycles. The van der Waals surface area contributed by atoms with Crippen molar-refractivity contribution in [3.8, 4) is 6.07 Å². The first-order valence-corrected chi connectivity index (χ1v) is 4.28. The molecule has 0 bridgehead atoms. The van der Waals surface area contributed by atoms with Gasteiger partial charge in [0.1, 0.15) is 17.6 Å². The van der Waals surface area contributed by atoms with Gasteiger partial charge in [0.25, 0.3) is 6.43 Å². The van der Waals surface area contributed by atoms with E-state index < -0.39 is 6.43 Å². The molecule has 1 aromatic heterocycles. The van der Waals surface area contributed by atoms with Crippen molar-refractivity contribution in [2.45, 2.75) is 6.43 Å². The molecule has 1 rings (SSSR count). The van der Waals surface area contributed by atoms with E-state index >= 15 is 0 Å². The molecule has 0 fully saturated rings. The van der Waals surface area contributed by atoms with E-state index in [1.807, 2.05) is 0 Å². The van der Waals surface area contributed by atoms with Crippen LogP contribution in [0.4, 0.5) is 14.6 Å². The molecular weight excluding hydrogens is 291 g/mol. The van der Waals surface area contributed by atoms with Gasteiger partial charge in [-0.3, -0.25) is 0 Å². The van der Waals surface area contributed by atoms with Crippen LogP contribution in [0.25, 0.3) is 0 Å². The molecule has 0 unspecified atom stereocenters. The summed E-state index contributed by atoms with van der Waals surface area (Å²) in [6, 6.07) is 3.01. The fourth-order valence-corrected chi connectivity index (χ4v) is 1.62. The quantitative estimate of drug-likeness (QED) is 0.807. The molecule has 0 atom stereocenters. The zero-order chi connectivity index (χ0) is 10.0. The average molecular weight is 295 g/mol. The maximum Gasteiger partial charge on any atom is 0.268 e. The van der Waals surface area contributed by atoms with Crippen LogP contribution >= 0.6 is 22.6 Å². The molecule has 0 aliphatic rings. The Hall–Kier alpha value is -0.970. The number of alkyl halides is 2. The van der Waals surface area contributed by atoms with E-state index in [4.69, 9.17) is 11.0 Å². The summed E-state index contributed by atoms with van der Waals surface area (Å²) in [4.78, 5) is 3.51. The summed E-state index contributed by atoms with van der Waals surface area (Å²) in [6.45, 7) is 0. The number of nitrogens with two attached hydrogens (primary N) is 1. The Morgan fingerprint density at radius 3 is 2.62 bits per heavy atom. The number of anilines is 1. The predicted octanol–water partition coefficient (Wildman–Crippen LogP) is 2.08. The second-order valence-corrected chi connectivity index (χ2v) is 3.36. The molecule has 0 aliphatic carbocycles. The van der Waals surface area contributed by atoms with Gasteiger partial charge in [0.05, 0.1) is 5.56 Å². The van der Waals surface area contributed by atoms with E-state index in [0.29, 0.717) is 0 Å². The summed E-state index contributed by atoms with van der Waals surface area (Å²) < 4.78 is 24.9. The molecule has 3 nitrogen and oxygen atoms in total. The highest BCUT2D eigenvalue weighted by Crippen LogP contribution is 2.28. The third-order valence-electron chi connectivity index (χ3n) is 1.37. The van der Waals surface area contributed by atoms with Crippen molar-refractivity contribution in [3.63, 3.8) is 0 Å². The first kappa shape index (κ1) is 10.1. The number of hydrogen-bond donors (Lipinski definition) is 1. The van der Waals surface area contributed by atoms with Crippen molar-refractivity contribution in [2.75, 3.05) is 5.73 Å². The number of hydrogen-bond acceptors (Lipinski definition) is 3. The molecule has 2 N–H and O–H groups in total. The van der Waals surface area contributed by atoms with Crippen LogP contribution in [0.15, 0.2) is 6.07 Å². The molecule has 0 spiro atoms. The van der Waals surface area contributed by atoms with Gasteiger partial charge >= 0.3 is 0 Å². The fourth-order valence-electron chi connectivity index (χ4n) is 0.816. The summed E-state index contributed by atoms with van der Waals surface area (Å²) in [7, 11) is 0. The summed E-state index contributed by atoms with van der Waals surface area (Å²) in [5, 5.41) is 8.46. The van der Waals surface area contributed by atoms with Gasteiger partial charge < -0.3 is 5.73 Å². The number of nitriles is 1. The maximum absolute atomic E-state index is 12.3.